The summed E-state index contributed by atoms with van der Waals surface area (Å²) in [6, 6.07) is 4.25. The molecule has 106 valence electrons. The number of carbonyl (C=O) groups excluding carboxylic acids is 1. The second-order valence-corrected chi connectivity index (χ2v) is 4.88. The molecule has 0 bridgehead atoms. The number of hydrogen-bond donors (Lipinski definition) is 2. The van der Waals surface area contributed by atoms with Gasteiger partial charge in [0, 0.05) is 12.1 Å². The maximum Gasteiger partial charge on any atom is 0.251 e. The smallest absolute Gasteiger partial charge is 0.251 e. The van der Waals surface area contributed by atoms with Crippen LogP contribution in [0.5, 0.6) is 0 Å². The Labute approximate surface area is 119 Å². The van der Waals surface area contributed by atoms with E-state index in [0.717, 1.165) is 25.9 Å². The Bertz CT molecular complexity index is 433. The summed E-state index contributed by atoms with van der Waals surface area (Å²) in [5.74, 6) is 0.0852. The highest BCUT2D eigenvalue weighted by molar-refractivity contribution is 5.95. The van der Waals surface area contributed by atoms with E-state index >= 15 is 0 Å². The van der Waals surface area contributed by atoms with E-state index in [4.69, 9.17) is 0 Å². The third kappa shape index (κ3) is 4.48. The number of halogens is 2. The number of rotatable bonds is 3. The molecule has 2 N–H and O–H groups in total. The van der Waals surface area contributed by atoms with Crippen LogP contribution in [-0.4, -0.2) is 25.5 Å². The highest BCUT2D eigenvalue weighted by Gasteiger charge is 2.15. The van der Waals surface area contributed by atoms with Crippen LogP contribution in [0.3, 0.4) is 0 Å². The Balaban J connectivity index is 0.00000180. The van der Waals surface area contributed by atoms with E-state index in [1.807, 2.05) is 0 Å². The van der Waals surface area contributed by atoms with Crippen molar-refractivity contribution in [3.05, 3.63) is 35.1 Å². The van der Waals surface area contributed by atoms with E-state index in [1.165, 1.54) is 12.1 Å². The molecule has 0 spiro atoms. The Morgan fingerprint density at radius 3 is 2.95 bits per heavy atom. The van der Waals surface area contributed by atoms with Gasteiger partial charge < -0.3 is 10.6 Å². The minimum atomic E-state index is -0.305. The summed E-state index contributed by atoms with van der Waals surface area (Å²) in [5, 5.41) is 6.24. The van der Waals surface area contributed by atoms with Gasteiger partial charge in [-0.25, -0.2) is 4.39 Å². The summed E-state index contributed by atoms with van der Waals surface area (Å²) in [4.78, 5) is 12.0. The Kier molecular flexibility index (Phi) is 6.25. The summed E-state index contributed by atoms with van der Waals surface area (Å²) in [7, 11) is 0. The summed E-state index contributed by atoms with van der Waals surface area (Å²) in [6.45, 7) is 4.47. The van der Waals surface area contributed by atoms with Gasteiger partial charge in [-0.05, 0) is 62.5 Å². The second kappa shape index (κ2) is 7.46. The molecular formula is C14H20ClFN2O. The first-order valence-electron chi connectivity index (χ1n) is 6.42. The van der Waals surface area contributed by atoms with E-state index in [2.05, 4.69) is 10.6 Å². The Morgan fingerprint density at radius 2 is 2.32 bits per heavy atom. The molecule has 0 radical (unpaired) electrons. The van der Waals surface area contributed by atoms with Gasteiger partial charge >= 0.3 is 0 Å². The molecule has 5 heteroatoms. The minimum absolute atomic E-state index is 0. The van der Waals surface area contributed by atoms with E-state index in [9.17, 15) is 9.18 Å². The van der Waals surface area contributed by atoms with E-state index in [-0.39, 0.29) is 24.1 Å². The lowest BCUT2D eigenvalue weighted by Gasteiger charge is -2.23. The van der Waals surface area contributed by atoms with Gasteiger partial charge in [0.05, 0.1) is 0 Å². The van der Waals surface area contributed by atoms with Gasteiger partial charge in [0.15, 0.2) is 0 Å². The van der Waals surface area contributed by atoms with E-state index in [1.54, 1.807) is 13.0 Å². The monoisotopic (exact) mass is 286 g/mol. The van der Waals surface area contributed by atoms with Crippen molar-refractivity contribution in [3.63, 3.8) is 0 Å². The number of amides is 1. The van der Waals surface area contributed by atoms with Gasteiger partial charge in [-0.2, -0.15) is 0 Å². The van der Waals surface area contributed by atoms with Crippen LogP contribution in [-0.2, 0) is 0 Å². The fourth-order valence-electron chi connectivity index (χ4n) is 2.31. The van der Waals surface area contributed by atoms with Gasteiger partial charge in [0.2, 0.25) is 0 Å². The summed E-state index contributed by atoms with van der Waals surface area (Å²) < 4.78 is 12.9. The quantitative estimate of drug-likeness (QED) is 0.895. The molecule has 19 heavy (non-hydrogen) atoms. The molecule has 2 rings (SSSR count). The van der Waals surface area contributed by atoms with Crippen LogP contribution in [0.25, 0.3) is 0 Å². The van der Waals surface area contributed by atoms with Crippen molar-refractivity contribution >= 4 is 18.3 Å². The topological polar surface area (TPSA) is 41.1 Å². The SMILES string of the molecule is Cc1cc(F)ccc1C(=O)NCC1CCCNC1.Cl. The fourth-order valence-corrected chi connectivity index (χ4v) is 2.31. The number of aryl methyl sites for hydroxylation is 1. The molecule has 1 aliphatic heterocycles. The van der Waals surface area contributed by atoms with Crippen molar-refractivity contribution in [1.82, 2.24) is 10.6 Å². The molecule has 1 amide bonds. The van der Waals surface area contributed by atoms with Crippen molar-refractivity contribution in [2.75, 3.05) is 19.6 Å². The molecular weight excluding hydrogens is 267 g/mol. The zero-order valence-electron chi connectivity index (χ0n) is 11.0. The molecule has 1 fully saturated rings. The molecule has 1 aromatic rings. The van der Waals surface area contributed by atoms with Crippen LogP contribution in [0, 0.1) is 18.7 Å². The molecule has 3 nitrogen and oxygen atoms in total. The maximum absolute atomic E-state index is 12.9. The van der Waals surface area contributed by atoms with Crippen molar-refractivity contribution in [1.29, 1.82) is 0 Å². The molecule has 1 heterocycles. The lowest BCUT2D eigenvalue weighted by atomic mass is 9.99. The predicted octanol–water partition coefficient (Wildman–Crippen LogP) is 2.29. The largest absolute Gasteiger partial charge is 0.352 e. The van der Waals surface area contributed by atoms with Crippen LogP contribution in [0.4, 0.5) is 4.39 Å². The van der Waals surface area contributed by atoms with Crippen LogP contribution >= 0.6 is 12.4 Å². The number of hydrogen-bond acceptors (Lipinski definition) is 2. The highest BCUT2D eigenvalue weighted by atomic mass is 35.5. The lowest BCUT2D eigenvalue weighted by Crippen LogP contribution is -2.38. The zero-order chi connectivity index (χ0) is 13.0. The van der Waals surface area contributed by atoms with Gasteiger partial charge in [-0.3, -0.25) is 4.79 Å². The van der Waals surface area contributed by atoms with Crippen molar-refractivity contribution in [2.24, 2.45) is 5.92 Å². The van der Waals surface area contributed by atoms with Crippen LogP contribution in [0.2, 0.25) is 0 Å². The number of piperidine rings is 1. The van der Waals surface area contributed by atoms with Crippen LogP contribution < -0.4 is 10.6 Å². The highest BCUT2D eigenvalue weighted by Crippen LogP contribution is 2.11. The molecule has 1 atom stereocenters. The van der Waals surface area contributed by atoms with Gasteiger partial charge in [0.25, 0.3) is 5.91 Å². The van der Waals surface area contributed by atoms with Gasteiger partial charge in [-0.15, -0.1) is 12.4 Å². The Hall–Kier alpha value is -1.13. The molecule has 1 unspecified atom stereocenters. The average Bonchev–Trinajstić information content (AvgIpc) is 2.37. The zero-order valence-corrected chi connectivity index (χ0v) is 11.9. The Morgan fingerprint density at radius 1 is 1.53 bits per heavy atom. The maximum atomic E-state index is 12.9. The third-order valence-electron chi connectivity index (χ3n) is 3.38. The number of benzene rings is 1. The summed E-state index contributed by atoms with van der Waals surface area (Å²) >= 11 is 0. The minimum Gasteiger partial charge on any atom is -0.352 e. The lowest BCUT2D eigenvalue weighted by molar-refractivity contribution is 0.0944. The summed E-state index contributed by atoms with van der Waals surface area (Å²) in [5.41, 5.74) is 1.23. The molecule has 1 saturated heterocycles. The van der Waals surface area contributed by atoms with E-state index < -0.39 is 0 Å². The van der Waals surface area contributed by atoms with Crippen LogP contribution in [0.15, 0.2) is 18.2 Å². The second-order valence-electron chi connectivity index (χ2n) is 4.88. The molecule has 0 aromatic heterocycles. The molecule has 1 aliphatic rings. The van der Waals surface area contributed by atoms with Crippen molar-refractivity contribution in [3.8, 4) is 0 Å². The molecule has 0 saturated carbocycles. The average molecular weight is 287 g/mol. The van der Waals surface area contributed by atoms with E-state index in [0.29, 0.717) is 23.6 Å². The summed E-state index contributed by atoms with van der Waals surface area (Å²) in [6.07, 6.45) is 2.31. The van der Waals surface area contributed by atoms with Crippen molar-refractivity contribution < 1.29 is 9.18 Å². The molecule has 1 aromatic carbocycles. The van der Waals surface area contributed by atoms with Gasteiger partial charge in [0.1, 0.15) is 5.82 Å². The van der Waals surface area contributed by atoms with Crippen molar-refractivity contribution in [2.45, 2.75) is 19.8 Å². The molecule has 0 aliphatic carbocycles. The standard InChI is InChI=1S/C14H19FN2O.ClH/c1-10-7-12(15)4-5-13(10)14(18)17-9-11-3-2-6-16-8-11;/h4-5,7,11,16H,2-3,6,8-9H2,1H3,(H,17,18);1H. The third-order valence-corrected chi connectivity index (χ3v) is 3.38. The van der Waals surface area contributed by atoms with Crippen LogP contribution in [0.1, 0.15) is 28.8 Å². The fraction of sp³-hybridized carbons (Fsp3) is 0.500. The normalized spacial score (nSPS) is 18.5. The first-order valence-corrected chi connectivity index (χ1v) is 6.42. The first kappa shape index (κ1) is 15.9. The predicted molar refractivity (Wildman–Crippen MR) is 76.3 cm³/mol. The number of nitrogens with one attached hydrogen (secondary N) is 2. The first-order chi connectivity index (χ1) is 8.66. The van der Waals surface area contributed by atoms with Gasteiger partial charge in [-0.1, -0.05) is 0 Å². The number of carbonyl (C=O) groups is 1.